The number of hydrogen-bond donors (Lipinski definition) is 1. The smallest absolute Gasteiger partial charge is 0.248 e. The normalized spacial score (nSPS) is 29.2. The molecule has 0 saturated carbocycles. The van der Waals surface area contributed by atoms with Gasteiger partial charge in [-0.2, -0.15) is 0 Å². The fourth-order valence-corrected chi connectivity index (χ4v) is 2.30. The van der Waals surface area contributed by atoms with Crippen molar-refractivity contribution in [2.24, 2.45) is 5.92 Å². The third-order valence-corrected chi connectivity index (χ3v) is 3.61. The van der Waals surface area contributed by atoms with Crippen LogP contribution in [-0.4, -0.2) is 34.8 Å². The Labute approximate surface area is 109 Å². The Balaban J connectivity index is 3.08. The van der Waals surface area contributed by atoms with Crippen molar-refractivity contribution in [3.63, 3.8) is 0 Å². The van der Waals surface area contributed by atoms with E-state index in [1.165, 1.54) is 0 Å². The molecule has 1 rings (SSSR count). The number of hydrogen-bond acceptors (Lipinski definition) is 2. The van der Waals surface area contributed by atoms with Crippen molar-refractivity contribution in [2.45, 2.75) is 52.6 Å². The molecule has 1 aliphatic rings. The molecule has 1 fully saturated rings. The van der Waals surface area contributed by atoms with Crippen LogP contribution >= 0.6 is 0 Å². The second-order valence-electron chi connectivity index (χ2n) is 5.39. The molecule has 2 amide bonds. The summed E-state index contributed by atoms with van der Waals surface area (Å²) in [6.07, 6.45) is 4.43. The minimum absolute atomic E-state index is 0.0152. The van der Waals surface area contributed by atoms with Crippen LogP contribution in [0, 0.1) is 5.92 Å². The molecule has 1 aliphatic heterocycles. The molecular formula is C14H24N2O2. The first-order chi connectivity index (χ1) is 8.37. The molecule has 0 aliphatic carbocycles. The fraction of sp³-hybridized carbons (Fsp3) is 0.714. The summed E-state index contributed by atoms with van der Waals surface area (Å²) in [4.78, 5) is 26.4. The van der Waals surface area contributed by atoms with E-state index in [-0.39, 0.29) is 23.8 Å². The van der Waals surface area contributed by atoms with Crippen molar-refractivity contribution >= 4 is 11.8 Å². The van der Waals surface area contributed by atoms with E-state index in [1.807, 2.05) is 39.8 Å². The molecule has 0 aromatic carbocycles. The van der Waals surface area contributed by atoms with Gasteiger partial charge in [0.25, 0.3) is 0 Å². The number of carbonyl (C=O) groups is 2. The highest BCUT2D eigenvalue weighted by Crippen LogP contribution is 2.24. The molecule has 2 atom stereocenters. The molecule has 2 unspecified atom stereocenters. The van der Waals surface area contributed by atoms with Gasteiger partial charge in [0.2, 0.25) is 11.8 Å². The maximum Gasteiger partial charge on any atom is 0.248 e. The Morgan fingerprint density at radius 2 is 2.06 bits per heavy atom. The van der Waals surface area contributed by atoms with E-state index in [0.29, 0.717) is 13.0 Å². The van der Waals surface area contributed by atoms with Gasteiger partial charge < -0.3 is 10.2 Å². The topological polar surface area (TPSA) is 49.4 Å². The number of piperazine rings is 1. The Kier molecular flexibility index (Phi) is 4.54. The zero-order valence-corrected chi connectivity index (χ0v) is 12.0. The minimum Gasteiger partial charge on any atom is -0.340 e. The SMILES string of the molecule is C/C=C/CN1C(=O)C(C)(CC)NC(=O)C1C(C)C. The number of amides is 2. The molecular weight excluding hydrogens is 228 g/mol. The summed E-state index contributed by atoms with van der Waals surface area (Å²) in [5.41, 5.74) is -0.760. The Bertz CT molecular complexity index is 363. The lowest BCUT2D eigenvalue weighted by molar-refractivity contribution is -0.155. The lowest BCUT2D eigenvalue weighted by Crippen LogP contribution is -2.70. The molecule has 0 bridgehead atoms. The molecule has 4 nitrogen and oxygen atoms in total. The van der Waals surface area contributed by atoms with Gasteiger partial charge in [0.15, 0.2) is 0 Å². The zero-order valence-electron chi connectivity index (χ0n) is 12.0. The van der Waals surface area contributed by atoms with Crippen LogP contribution < -0.4 is 5.32 Å². The van der Waals surface area contributed by atoms with Crippen molar-refractivity contribution in [1.29, 1.82) is 0 Å². The van der Waals surface area contributed by atoms with E-state index in [2.05, 4.69) is 5.32 Å². The van der Waals surface area contributed by atoms with Gasteiger partial charge in [-0.05, 0) is 26.2 Å². The molecule has 1 heterocycles. The van der Waals surface area contributed by atoms with Crippen molar-refractivity contribution in [3.8, 4) is 0 Å². The summed E-state index contributed by atoms with van der Waals surface area (Å²) < 4.78 is 0. The first kappa shape index (κ1) is 14.7. The van der Waals surface area contributed by atoms with Crippen molar-refractivity contribution in [1.82, 2.24) is 10.2 Å². The largest absolute Gasteiger partial charge is 0.340 e. The molecule has 0 aromatic rings. The van der Waals surface area contributed by atoms with E-state index in [9.17, 15) is 9.59 Å². The summed E-state index contributed by atoms with van der Waals surface area (Å²) in [5, 5.41) is 2.88. The molecule has 4 heteroatoms. The van der Waals surface area contributed by atoms with Gasteiger partial charge in [-0.15, -0.1) is 0 Å². The zero-order chi connectivity index (χ0) is 13.9. The number of allylic oxidation sites excluding steroid dienone is 1. The third kappa shape index (κ3) is 2.57. The first-order valence-corrected chi connectivity index (χ1v) is 6.61. The molecule has 18 heavy (non-hydrogen) atoms. The monoisotopic (exact) mass is 252 g/mol. The number of carbonyl (C=O) groups excluding carboxylic acids is 2. The van der Waals surface area contributed by atoms with Crippen LogP contribution in [0.5, 0.6) is 0 Å². The van der Waals surface area contributed by atoms with E-state index < -0.39 is 5.54 Å². The molecule has 1 N–H and O–H groups in total. The van der Waals surface area contributed by atoms with Crippen LogP contribution in [0.2, 0.25) is 0 Å². The van der Waals surface area contributed by atoms with E-state index in [0.717, 1.165) is 0 Å². The van der Waals surface area contributed by atoms with Crippen molar-refractivity contribution < 1.29 is 9.59 Å². The quantitative estimate of drug-likeness (QED) is 0.774. The highest BCUT2D eigenvalue weighted by atomic mass is 16.2. The number of rotatable bonds is 4. The average molecular weight is 252 g/mol. The lowest BCUT2D eigenvalue weighted by Gasteiger charge is -2.45. The Morgan fingerprint density at radius 1 is 1.44 bits per heavy atom. The predicted molar refractivity (Wildman–Crippen MR) is 72.0 cm³/mol. The molecule has 1 saturated heterocycles. The second kappa shape index (κ2) is 5.55. The average Bonchev–Trinajstić information content (AvgIpc) is 2.31. The second-order valence-corrected chi connectivity index (χ2v) is 5.39. The van der Waals surface area contributed by atoms with Crippen LogP contribution in [-0.2, 0) is 9.59 Å². The molecule has 0 radical (unpaired) electrons. The van der Waals surface area contributed by atoms with Gasteiger partial charge >= 0.3 is 0 Å². The molecule has 102 valence electrons. The van der Waals surface area contributed by atoms with Gasteiger partial charge in [0, 0.05) is 6.54 Å². The maximum atomic E-state index is 12.5. The lowest BCUT2D eigenvalue weighted by atomic mass is 9.88. The number of nitrogens with zero attached hydrogens (tertiary/aromatic N) is 1. The standard InChI is InChI=1S/C14H24N2O2/c1-6-8-9-16-11(10(3)4)12(17)15-14(5,7-2)13(16)18/h6,8,10-11H,7,9H2,1-5H3,(H,15,17)/b8-6+. The maximum absolute atomic E-state index is 12.5. The van der Waals surface area contributed by atoms with Crippen LogP contribution in [0.4, 0.5) is 0 Å². The summed E-state index contributed by atoms with van der Waals surface area (Å²) in [7, 11) is 0. The van der Waals surface area contributed by atoms with Gasteiger partial charge in [0.1, 0.15) is 11.6 Å². The van der Waals surface area contributed by atoms with E-state index in [4.69, 9.17) is 0 Å². The van der Waals surface area contributed by atoms with Crippen LogP contribution in [0.15, 0.2) is 12.2 Å². The van der Waals surface area contributed by atoms with Crippen LogP contribution in [0.25, 0.3) is 0 Å². The van der Waals surface area contributed by atoms with Gasteiger partial charge in [-0.25, -0.2) is 0 Å². The van der Waals surface area contributed by atoms with Crippen LogP contribution in [0.3, 0.4) is 0 Å². The Morgan fingerprint density at radius 3 is 2.50 bits per heavy atom. The van der Waals surface area contributed by atoms with Crippen LogP contribution in [0.1, 0.15) is 41.0 Å². The highest BCUT2D eigenvalue weighted by molar-refractivity contribution is 5.99. The van der Waals surface area contributed by atoms with Crippen molar-refractivity contribution in [3.05, 3.63) is 12.2 Å². The van der Waals surface area contributed by atoms with E-state index in [1.54, 1.807) is 11.8 Å². The van der Waals surface area contributed by atoms with E-state index >= 15 is 0 Å². The summed E-state index contributed by atoms with van der Waals surface area (Å²) >= 11 is 0. The van der Waals surface area contributed by atoms with Gasteiger partial charge in [-0.1, -0.05) is 32.9 Å². The first-order valence-electron chi connectivity index (χ1n) is 6.61. The molecule has 0 spiro atoms. The minimum atomic E-state index is -0.760. The van der Waals surface area contributed by atoms with Gasteiger partial charge in [0.05, 0.1) is 0 Å². The predicted octanol–water partition coefficient (Wildman–Crippen LogP) is 1.71. The number of nitrogens with one attached hydrogen (secondary N) is 1. The molecule has 0 aromatic heterocycles. The van der Waals surface area contributed by atoms with Gasteiger partial charge in [-0.3, -0.25) is 9.59 Å². The summed E-state index contributed by atoms with van der Waals surface area (Å²) in [5.74, 6) is 0.0838. The summed E-state index contributed by atoms with van der Waals surface area (Å²) in [6, 6.07) is -0.367. The third-order valence-electron chi connectivity index (χ3n) is 3.61. The summed E-state index contributed by atoms with van der Waals surface area (Å²) in [6.45, 7) is 10.1. The van der Waals surface area contributed by atoms with Crippen molar-refractivity contribution in [2.75, 3.05) is 6.54 Å². The Hall–Kier alpha value is -1.32. The highest BCUT2D eigenvalue weighted by Gasteiger charge is 2.47. The fourth-order valence-electron chi connectivity index (χ4n) is 2.30.